The molecule has 136 valence electrons. The average molecular weight is 380 g/mol. The summed E-state index contributed by atoms with van der Waals surface area (Å²) >= 11 is 1.42. The van der Waals surface area contributed by atoms with Gasteiger partial charge in [0.1, 0.15) is 16.3 Å². The topological polar surface area (TPSA) is 51.1 Å². The van der Waals surface area contributed by atoms with Gasteiger partial charge in [0.05, 0.1) is 24.6 Å². The van der Waals surface area contributed by atoms with E-state index >= 15 is 0 Å². The van der Waals surface area contributed by atoms with Crippen LogP contribution in [-0.4, -0.2) is 46.4 Å². The monoisotopic (exact) mass is 380 g/mol. The minimum atomic E-state index is -4.41. The van der Waals surface area contributed by atoms with Crippen LogP contribution in [0.4, 0.5) is 19.0 Å². The number of pyridine rings is 1. The molecule has 0 bridgehead atoms. The Hall–Kier alpha value is -2.26. The Morgan fingerprint density at radius 1 is 1.23 bits per heavy atom. The van der Waals surface area contributed by atoms with Gasteiger partial charge in [-0.1, -0.05) is 6.07 Å². The predicted molar refractivity (Wildman–Crippen MR) is 93.2 cm³/mol. The fourth-order valence-corrected chi connectivity index (χ4v) is 3.68. The highest BCUT2D eigenvalue weighted by atomic mass is 32.1. The molecule has 1 saturated heterocycles. The summed E-state index contributed by atoms with van der Waals surface area (Å²) in [5.41, 5.74) is 0.581. The van der Waals surface area contributed by atoms with Crippen LogP contribution >= 0.6 is 11.3 Å². The Labute approximate surface area is 151 Å². The maximum Gasteiger partial charge on any atom is 0.416 e. The van der Waals surface area contributed by atoms with Gasteiger partial charge in [-0.3, -0.25) is 4.98 Å². The molecule has 3 aromatic heterocycles. The highest BCUT2D eigenvalue weighted by Gasteiger charge is 2.45. The Morgan fingerprint density at radius 2 is 2.08 bits per heavy atom. The predicted octanol–water partition coefficient (Wildman–Crippen LogP) is 3.91. The van der Waals surface area contributed by atoms with Crippen molar-refractivity contribution in [1.82, 2.24) is 15.0 Å². The number of thiophene rings is 1. The van der Waals surface area contributed by atoms with Crippen LogP contribution < -0.4 is 4.90 Å². The zero-order chi connectivity index (χ0) is 18.3. The van der Waals surface area contributed by atoms with Crippen molar-refractivity contribution in [3.63, 3.8) is 0 Å². The largest absolute Gasteiger partial charge is 0.416 e. The summed E-state index contributed by atoms with van der Waals surface area (Å²) in [4.78, 5) is 15.7. The van der Waals surface area contributed by atoms with E-state index in [1.807, 2.05) is 24.4 Å². The molecule has 0 saturated carbocycles. The number of anilines is 1. The van der Waals surface area contributed by atoms with Gasteiger partial charge in [0, 0.05) is 6.20 Å². The number of halogens is 3. The highest BCUT2D eigenvalue weighted by molar-refractivity contribution is 7.16. The summed E-state index contributed by atoms with van der Waals surface area (Å²) in [5.74, 6) is 0.889. The van der Waals surface area contributed by atoms with Crippen molar-refractivity contribution in [3.05, 3.63) is 35.8 Å². The van der Waals surface area contributed by atoms with Gasteiger partial charge < -0.3 is 9.64 Å². The Kier molecular flexibility index (Phi) is 4.28. The molecule has 1 fully saturated rings. The fourth-order valence-electron chi connectivity index (χ4n) is 2.92. The van der Waals surface area contributed by atoms with Crippen molar-refractivity contribution in [3.8, 4) is 11.5 Å². The summed E-state index contributed by atoms with van der Waals surface area (Å²) < 4.78 is 44.5. The van der Waals surface area contributed by atoms with E-state index < -0.39 is 12.3 Å². The SMILES string of the molecule is CC1COC(C(F)(F)F)CN1c1nc(-c2ccccn2)nc2sccc12. The van der Waals surface area contributed by atoms with Gasteiger partial charge in [-0.2, -0.15) is 13.2 Å². The number of ether oxygens (including phenoxy) is 1. The molecular formula is C17H15F3N4OS. The molecule has 3 aromatic rings. The molecule has 0 aliphatic carbocycles. The normalized spacial score (nSPS) is 21.3. The van der Waals surface area contributed by atoms with Crippen molar-refractivity contribution in [2.45, 2.75) is 25.2 Å². The van der Waals surface area contributed by atoms with E-state index in [0.29, 0.717) is 17.3 Å². The molecule has 5 nitrogen and oxygen atoms in total. The first-order valence-electron chi connectivity index (χ1n) is 8.05. The van der Waals surface area contributed by atoms with Gasteiger partial charge in [-0.05, 0) is 30.5 Å². The van der Waals surface area contributed by atoms with E-state index in [9.17, 15) is 13.2 Å². The Bertz CT molecular complexity index is 915. The van der Waals surface area contributed by atoms with Crippen molar-refractivity contribution < 1.29 is 17.9 Å². The van der Waals surface area contributed by atoms with Gasteiger partial charge in [-0.25, -0.2) is 9.97 Å². The number of alkyl halides is 3. The number of rotatable bonds is 2. The van der Waals surface area contributed by atoms with E-state index in [4.69, 9.17) is 4.74 Å². The summed E-state index contributed by atoms with van der Waals surface area (Å²) in [6.07, 6.45) is -4.61. The van der Waals surface area contributed by atoms with Crippen LogP contribution in [0.5, 0.6) is 0 Å². The third kappa shape index (κ3) is 3.12. The zero-order valence-electron chi connectivity index (χ0n) is 13.8. The van der Waals surface area contributed by atoms with Gasteiger partial charge in [0.25, 0.3) is 0 Å². The van der Waals surface area contributed by atoms with E-state index in [1.165, 1.54) is 11.3 Å². The third-order valence-electron chi connectivity index (χ3n) is 4.27. The average Bonchev–Trinajstić information content (AvgIpc) is 3.10. The lowest BCUT2D eigenvalue weighted by molar-refractivity contribution is -0.224. The van der Waals surface area contributed by atoms with Crippen LogP contribution in [0.2, 0.25) is 0 Å². The molecule has 0 spiro atoms. The first-order chi connectivity index (χ1) is 12.4. The van der Waals surface area contributed by atoms with E-state index in [1.54, 1.807) is 23.2 Å². The van der Waals surface area contributed by atoms with E-state index in [0.717, 1.165) is 10.2 Å². The zero-order valence-corrected chi connectivity index (χ0v) is 14.6. The van der Waals surface area contributed by atoms with Crippen molar-refractivity contribution in [1.29, 1.82) is 0 Å². The molecule has 2 atom stereocenters. The van der Waals surface area contributed by atoms with Crippen molar-refractivity contribution in [2.24, 2.45) is 0 Å². The quantitative estimate of drug-likeness (QED) is 0.675. The molecule has 0 radical (unpaired) electrons. The van der Waals surface area contributed by atoms with Crippen LogP contribution in [0.25, 0.3) is 21.7 Å². The number of nitrogens with zero attached hydrogens (tertiary/aromatic N) is 4. The van der Waals surface area contributed by atoms with Gasteiger partial charge >= 0.3 is 6.18 Å². The fraction of sp³-hybridized carbons (Fsp3) is 0.353. The minimum Gasteiger partial charge on any atom is -0.365 e. The maximum atomic E-state index is 13.2. The standard InChI is InChI=1S/C17H15F3N4OS/c1-10-9-25-13(17(18,19)20)8-24(10)15-11-5-7-26-16(11)23-14(22-15)12-4-2-3-6-21-12/h2-7,10,13H,8-9H2,1H3. The van der Waals surface area contributed by atoms with Gasteiger partial charge in [0.15, 0.2) is 11.9 Å². The molecule has 0 amide bonds. The summed E-state index contributed by atoms with van der Waals surface area (Å²) in [6, 6.07) is 6.98. The molecule has 4 heterocycles. The number of hydrogen-bond donors (Lipinski definition) is 0. The molecule has 9 heteroatoms. The number of hydrogen-bond acceptors (Lipinski definition) is 6. The Balaban J connectivity index is 1.81. The van der Waals surface area contributed by atoms with Crippen LogP contribution in [0.1, 0.15) is 6.92 Å². The van der Waals surface area contributed by atoms with Gasteiger partial charge in [0.2, 0.25) is 0 Å². The Morgan fingerprint density at radius 3 is 2.81 bits per heavy atom. The molecule has 1 aliphatic rings. The first-order valence-corrected chi connectivity index (χ1v) is 8.93. The van der Waals surface area contributed by atoms with E-state index in [2.05, 4.69) is 15.0 Å². The number of aromatic nitrogens is 3. The summed E-state index contributed by atoms with van der Waals surface area (Å²) in [7, 11) is 0. The number of fused-ring (bicyclic) bond motifs is 1. The van der Waals surface area contributed by atoms with Crippen molar-refractivity contribution >= 4 is 27.4 Å². The first kappa shape index (κ1) is 17.2. The highest BCUT2D eigenvalue weighted by Crippen LogP contribution is 2.35. The third-order valence-corrected chi connectivity index (χ3v) is 5.08. The second kappa shape index (κ2) is 6.48. The summed E-state index contributed by atoms with van der Waals surface area (Å²) in [6.45, 7) is 1.51. The molecular weight excluding hydrogens is 365 g/mol. The molecule has 2 unspecified atom stereocenters. The van der Waals surface area contributed by atoms with E-state index in [-0.39, 0.29) is 19.2 Å². The van der Waals surface area contributed by atoms with Crippen LogP contribution in [0.15, 0.2) is 35.8 Å². The number of morpholine rings is 1. The smallest absolute Gasteiger partial charge is 0.365 e. The minimum absolute atomic E-state index is 0.0151. The lowest BCUT2D eigenvalue weighted by atomic mass is 10.1. The van der Waals surface area contributed by atoms with Crippen molar-refractivity contribution in [2.75, 3.05) is 18.1 Å². The second-order valence-electron chi connectivity index (χ2n) is 6.09. The maximum absolute atomic E-state index is 13.2. The molecule has 0 aromatic carbocycles. The van der Waals surface area contributed by atoms with Crippen LogP contribution in [-0.2, 0) is 4.74 Å². The second-order valence-corrected chi connectivity index (χ2v) is 6.98. The molecule has 0 N–H and O–H groups in total. The summed E-state index contributed by atoms with van der Waals surface area (Å²) in [5, 5.41) is 2.60. The lowest BCUT2D eigenvalue weighted by Crippen LogP contribution is -2.53. The molecule has 1 aliphatic heterocycles. The molecule has 26 heavy (non-hydrogen) atoms. The van der Waals surface area contributed by atoms with Crippen LogP contribution in [0, 0.1) is 0 Å². The van der Waals surface area contributed by atoms with Gasteiger partial charge in [-0.15, -0.1) is 11.3 Å². The molecule has 4 rings (SSSR count). The van der Waals surface area contributed by atoms with Crippen LogP contribution in [0.3, 0.4) is 0 Å². The lowest BCUT2D eigenvalue weighted by Gasteiger charge is -2.39.